The molecule has 0 spiro atoms. The molecule has 1 amide bonds. The van der Waals surface area contributed by atoms with Crippen molar-refractivity contribution in [1.29, 1.82) is 0 Å². The monoisotopic (exact) mass is 583 g/mol. The Balaban J connectivity index is 2.06. The molecule has 3 aromatic rings. The summed E-state index contributed by atoms with van der Waals surface area (Å²) in [5.41, 5.74) is 2.68. The highest BCUT2D eigenvalue weighted by Gasteiger charge is 2.58. The van der Waals surface area contributed by atoms with E-state index in [1.165, 1.54) is 0 Å². The first kappa shape index (κ1) is 24.5. The molecule has 2 unspecified atom stereocenters. The Morgan fingerprint density at radius 2 is 1.44 bits per heavy atom. The van der Waals surface area contributed by atoms with E-state index in [0.29, 0.717) is 13.2 Å². The number of benzene rings is 3. The van der Waals surface area contributed by atoms with Gasteiger partial charge < -0.3 is 9.47 Å². The highest BCUT2D eigenvalue weighted by molar-refractivity contribution is 14.1. The Hall–Kier alpha value is -2.63. The van der Waals surface area contributed by atoms with Gasteiger partial charge in [0.25, 0.3) is 0 Å². The van der Waals surface area contributed by atoms with Gasteiger partial charge in [0, 0.05) is 11.1 Å². The number of terminal acetylenes is 1. The number of nitrogens with zero attached hydrogens (tertiary/aromatic N) is 1. The Kier molecular flexibility index (Phi) is 7.74. The van der Waals surface area contributed by atoms with Crippen LogP contribution in [0.5, 0.6) is 11.5 Å². The van der Waals surface area contributed by atoms with Crippen LogP contribution < -0.4 is 9.47 Å². The summed E-state index contributed by atoms with van der Waals surface area (Å²) < 4.78 is 11.7. The maximum Gasteiger partial charge on any atom is 0.243 e. The van der Waals surface area contributed by atoms with Crippen LogP contribution in [0.3, 0.4) is 0 Å². The molecule has 1 aliphatic heterocycles. The fourth-order valence-electron chi connectivity index (χ4n) is 4.33. The topological polar surface area (TPSA) is 38.8 Å². The van der Waals surface area contributed by atoms with Gasteiger partial charge in [0.05, 0.1) is 13.2 Å². The third-order valence-electron chi connectivity index (χ3n) is 5.66. The fourth-order valence-corrected chi connectivity index (χ4v) is 6.96. The number of halogens is 1. The summed E-state index contributed by atoms with van der Waals surface area (Å²) in [6.07, 6.45) is 5.95. The Labute approximate surface area is 219 Å². The van der Waals surface area contributed by atoms with Gasteiger partial charge in [-0.05, 0) is 54.1 Å². The molecule has 0 saturated carbocycles. The highest BCUT2D eigenvalue weighted by atomic mass is 127. The first-order valence-electron chi connectivity index (χ1n) is 11.2. The van der Waals surface area contributed by atoms with Gasteiger partial charge in [0.15, 0.2) is 0 Å². The maximum atomic E-state index is 14.1. The number of hydrogen-bond donors (Lipinski definition) is 0. The molecule has 34 heavy (non-hydrogen) atoms. The number of thioether (sulfide) groups is 1. The van der Waals surface area contributed by atoms with E-state index < -0.39 is 14.2 Å². The molecular weight excluding hydrogens is 557 g/mol. The quantitative estimate of drug-likeness (QED) is 0.133. The van der Waals surface area contributed by atoms with E-state index in [9.17, 15) is 4.79 Å². The Bertz CT molecular complexity index is 1140. The van der Waals surface area contributed by atoms with E-state index in [2.05, 4.69) is 28.5 Å². The molecule has 1 aliphatic rings. The van der Waals surface area contributed by atoms with Gasteiger partial charge in [0.2, 0.25) is 5.91 Å². The summed E-state index contributed by atoms with van der Waals surface area (Å²) in [6, 6.07) is 25.6. The minimum Gasteiger partial charge on any atom is -0.493 e. The number of para-hydroxylation sites is 2. The minimum absolute atomic E-state index is 0.0360. The first-order valence-corrected chi connectivity index (χ1v) is 13.3. The summed E-state index contributed by atoms with van der Waals surface area (Å²) in [5, 5.41) is -0.434. The van der Waals surface area contributed by atoms with Crippen LogP contribution in [-0.4, -0.2) is 28.1 Å². The van der Waals surface area contributed by atoms with Gasteiger partial charge in [-0.25, -0.2) is 0 Å². The Morgan fingerprint density at radius 1 is 0.941 bits per heavy atom. The van der Waals surface area contributed by atoms with E-state index in [4.69, 9.17) is 15.9 Å². The Morgan fingerprint density at radius 3 is 1.94 bits per heavy atom. The number of carbonyl (C=O) groups is 1. The molecule has 1 heterocycles. The van der Waals surface area contributed by atoms with E-state index in [-0.39, 0.29) is 5.91 Å². The molecule has 6 heteroatoms. The van der Waals surface area contributed by atoms with Crippen molar-refractivity contribution in [3.8, 4) is 23.8 Å². The largest absolute Gasteiger partial charge is 0.493 e. The van der Waals surface area contributed by atoms with E-state index in [1.807, 2.05) is 97.6 Å². The maximum absolute atomic E-state index is 14.1. The van der Waals surface area contributed by atoms with Crippen LogP contribution in [0, 0.1) is 12.3 Å². The minimum atomic E-state index is -0.951. The van der Waals surface area contributed by atoms with Gasteiger partial charge in [-0.1, -0.05) is 72.7 Å². The van der Waals surface area contributed by atoms with Gasteiger partial charge >= 0.3 is 0 Å². The average molecular weight is 583 g/mol. The van der Waals surface area contributed by atoms with Crippen molar-refractivity contribution >= 4 is 40.3 Å². The summed E-state index contributed by atoms with van der Waals surface area (Å²) in [6.45, 7) is 4.92. The van der Waals surface area contributed by atoms with Crippen molar-refractivity contribution in [3.63, 3.8) is 0 Å². The molecule has 4 rings (SSSR count). The molecule has 3 aromatic carbocycles. The lowest BCUT2D eigenvalue weighted by atomic mass is 9.93. The number of amides is 1. The number of carbonyl (C=O) groups excluding carboxylic acids is 1. The van der Waals surface area contributed by atoms with Crippen LogP contribution in [-0.2, 0) is 9.67 Å². The smallest absolute Gasteiger partial charge is 0.243 e. The highest BCUT2D eigenvalue weighted by Crippen LogP contribution is 2.62. The summed E-state index contributed by atoms with van der Waals surface area (Å²) in [5.74, 6) is 4.20. The molecule has 174 valence electrons. The molecule has 1 fully saturated rings. The molecule has 0 N–H and O–H groups in total. The van der Waals surface area contributed by atoms with Crippen molar-refractivity contribution in [2.24, 2.45) is 0 Å². The summed E-state index contributed by atoms with van der Waals surface area (Å²) in [7, 11) is 0. The molecule has 0 radical (unpaired) electrons. The predicted octanol–water partition coefficient (Wildman–Crippen LogP) is 6.40. The molecule has 2 atom stereocenters. The van der Waals surface area contributed by atoms with Crippen LogP contribution in [0.2, 0.25) is 0 Å². The third-order valence-corrected chi connectivity index (χ3v) is 8.26. The second kappa shape index (κ2) is 10.7. The molecule has 0 aliphatic carbocycles. The number of alkyl halides is 1. The van der Waals surface area contributed by atoms with Gasteiger partial charge in [-0.2, -0.15) is 0 Å². The molecule has 1 saturated heterocycles. The van der Waals surface area contributed by atoms with E-state index in [1.54, 1.807) is 11.8 Å². The lowest BCUT2D eigenvalue weighted by Gasteiger charge is -2.41. The van der Waals surface area contributed by atoms with Crippen LogP contribution in [0.25, 0.3) is 0 Å². The standard InChI is InChI=1S/C28H26INO3S/c1-4-25(29)30-27(31)26(20-14-8-7-9-15-20)34-28(30,21-16-10-12-18-23(21)32-5-2)22-17-11-13-19-24(22)33-6-3/h1,7-19,25-26H,5-6H2,2-3H3. The fraction of sp³-hybridized carbons (Fsp3) is 0.250. The SMILES string of the molecule is C#CC(I)N1C(=O)C(c2ccccc2)SC1(c1ccccc1OCC)c1ccccc1OCC. The summed E-state index contributed by atoms with van der Waals surface area (Å²) in [4.78, 5) is 15.0. The van der Waals surface area contributed by atoms with Gasteiger partial charge in [-0.15, -0.1) is 18.2 Å². The number of ether oxygens (including phenoxy) is 2. The second-order valence-corrected chi connectivity index (χ2v) is 10.1. The van der Waals surface area contributed by atoms with Gasteiger partial charge in [0.1, 0.15) is 25.7 Å². The van der Waals surface area contributed by atoms with Crippen LogP contribution in [0.1, 0.15) is 35.8 Å². The lowest BCUT2D eigenvalue weighted by molar-refractivity contribution is -0.131. The van der Waals surface area contributed by atoms with Crippen LogP contribution in [0.4, 0.5) is 0 Å². The zero-order chi connectivity index (χ0) is 24.1. The summed E-state index contributed by atoms with van der Waals surface area (Å²) >= 11 is 3.74. The van der Waals surface area contributed by atoms with Crippen LogP contribution >= 0.6 is 34.4 Å². The normalized spacial score (nSPS) is 17.8. The van der Waals surface area contributed by atoms with Crippen molar-refractivity contribution in [1.82, 2.24) is 4.90 Å². The number of hydrogen-bond acceptors (Lipinski definition) is 4. The van der Waals surface area contributed by atoms with Crippen molar-refractivity contribution in [2.45, 2.75) is 28.0 Å². The van der Waals surface area contributed by atoms with E-state index >= 15 is 0 Å². The molecule has 0 bridgehead atoms. The van der Waals surface area contributed by atoms with Crippen molar-refractivity contribution in [3.05, 3.63) is 95.6 Å². The van der Waals surface area contributed by atoms with Crippen LogP contribution in [0.15, 0.2) is 78.9 Å². The van der Waals surface area contributed by atoms with Crippen molar-refractivity contribution < 1.29 is 14.3 Å². The van der Waals surface area contributed by atoms with Crippen molar-refractivity contribution in [2.75, 3.05) is 13.2 Å². The molecule has 4 nitrogen and oxygen atoms in total. The molecular formula is C28H26INO3S. The number of rotatable bonds is 8. The zero-order valence-corrected chi connectivity index (χ0v) is 22.1. The predicted molar refractivity (Wildman–Crippen MR) is 146 cm³/mol. The van der Waals surface area contributed by atoms with Gasteiger partial charge in [-0.3, -0.25) is 9.69 Å². The first-order chi connectivity index (χ1) is 16.6. The molecule has 0 aromatic heterocycles. The zero-order valence-electron chi connectivity index (χ0n) is 19.1. The van der Waals surface area contributed by atoms with E-state index in [0.717, 1.165) is 28.2 Å². The average Bonchev–Trinajstić information content (AvgIpc) is 3.18. The second-order valence-electron chi connectivity index (χ2n) is 7.62. The lowest BCUT2D eigenvalue weighted by Crippen LogP contribution is -2.47. The third kappa shape index (κ3) is 4.27.